The molecule has 0 radical (unpaired) electrons. The lowest BCUT2D eigenvalue weighted by Gasteiger charge is -2.46. The van der Waals surface area contributed by atoms with Crippen molar-refractivity contribution in [3.63, 3.8) is 0 Å². The number of piperidine rings is 1. The first-order valence-corrected chi connectivity index (χ1v) is 13.4. The van der Waals surface area contributed by atoms with E-state index in [0.717, 1.165) is 37.4 Å². The Morgan fingerprint density at radius 2 is 1.81 bits per heavy atom. The molecule has 1 amide bonds. The van der Waals surface area contributed by atoms with Crippen LogP contribution in [0.1, 0.15) is 32.1 Å². The summed E-state index contributed by atoms with van der Waals surface area (Å²) in [6.07, 6.45) is 4.98. The second-order valence-electron chi connectivity index (χ2n) is 9.30. The minimum Gasteiger partial charge on any atom is -0.495 e. The molecule has 1 atom stereocenters. The molecule has 1 aromatic carbocycles. The Hall–Kier alpha value is -1.84. The van der Waals surface area contributed by atoms with Gasteiger partial charge in [0.25, 0.3) is 0 Å². The number of carbonyl (C=O) groups is 1. The van der Waals surface area contributed by atoms with Gasteiger partial charge in [-0.15, -0.1) is 0 Å². The smallest absolute Gasteiger partial charge is 0.222 e. The van der Waals surface area contributed by atoms with Gasteiger partial charge in [0.2, 0.25) is 15.9 Å². The zero-order chi connectivity index (χ0) is 22.8. The minimum atomic E-state index is -3.15. The van der Waals surface area contributed by atoms with Crippen LogP contribution in [0.2, 0.25) is 0 Å². The molecule has 1 unspecified atom stereocenters. The van der Waals surface area contributed by atoms with Crippen LogP contribution in [0.25, 0.3) is 0 Å². The maximum absolute atomic E-state index is 13.0. The molecule has 1 spiro atoms. The first kappa shape index (κ1) is 23.3. The molecule has 3 fully saturated rings. The summed E-state index contributed by atoms with van der Waals surface area (Å²) in [5.41, 5.74) is 0.807. The van der Waals surface area contributed by atoms with Crippen molar-refractivity contribution in [3.8, 4) is 5.75 Å². The third-order valence-corrected chi connectivity index (χ3v) is 8.52. The second kappa shape index (κ2) is 9.57. The Morgan fingerprint density at radius 3 is 2.47 bits per heavy atom. The molecule has 3 aliphatic rings. The van der Waals surface area contributed by atoms with Crippen molar-refractivity contribution in [1.29, 1.82) is 0 Å². The molecule has 0 aromatic heterocycles. The molecule has 0 bridgehead atoms. The lowest BCUT2D eigenvalue weighted by atomic mass is 9.78. The maximum atomic E-state index is 13.0. The summed E-state index contributed by atoms with van der Waals surface area (Å²) in [6.45, 7) is 4.69. The van der Waals surface area contributed by atoms with Crippen molar-refractivity contribution in [2.75, 3.05) is 64.1 Å². The lowest BCUT2D eigenvalue weighted by Crippen LogP contribution is -2.52. The molecule has 4 rings (SSSR count). The zero-order valence-corrected chi connectivity index (χ0v) is 20.0. The standard InChI is InChI=1S/C23H35N3O5S/c1-30-21-6-4-3-5-20(21)24-12-14-25(15-13-24)22(27)17-19-7-16-31-23(18-19)8-10-26(11-9-23)32(2,28)29/h3-6,19H,7-18H2,1-2H3. The van der Waals surface area contributed by atoms with Crippen LogP contribution in [0.5, 0.6) is 5.75 Å². The number of amides is 1. The maximum Gasteiger partial charge on any atom is 0.222 e. The Kier molecular flexibility index (Phi) is 6.97. The first-order valence-electron chi connectivity index (χ1n) is 11.5. The monoisotopic (exact) mass is 465 g/mol. The first-order chi connectivity index (χ1) is 15.3. The topological polar surface area (TPSA) is 79.4 Å². The van der Waals surface area contributed by atoms with Gasteiger partial charge in [-0.2, -0.15) is 0 Å². The number of nitrogens with zero attached hydrogens (tertiary/aromatic N) is 3. The molecule has 32 heavy (non-hydrogen) atoms. The minimum absolute atomic E-state index is 0.222. The molecule has 1 aromatic rings. The predicted octanol–water partition coefficient (Wildman–Crippen LogP) is 1.95. The van der Waals surface area contributed by atoms with Crippen molar-refractivity contribution < 1.29 is 22.7 Å². The third-order valence-electron chi connectivity index (χ3n) is 7.22. The van der Waals surface area contributed by atoms with Crippen LogP contribution in [0.3, 0.4) is 0 Å². The number of hydrogen-bond donors (Lipinski definition) is 0. The van der Waals surface area contributed by atoms with Crippen LogP contribution in [-0.2, 0) is 19.6 Å². The van der Waals surface area contributed by atoms with Gasteiger partial charge in [0.05, 0.1) is 24.7 Å². The van der Waals surface area contributed by atoms with Gasteiger partial charge in [-0.3, -0.25) is 4.79 Å². The van der Waals surface area contributed by atoms with E-state index in [1.807, 2.05) is 23.1 Å². The largest absolute Gasteiger partial charge is 0.495 e. The summed E-state index contributed by atoms with van der Waals surface area (Å²) in [7, 11) is -1.47. The number of piperazine rings is 1. The van der Waals surface area contributed by atoms with Gasteiger partial charge >= 0.3 is 0 Å². The fourth-order valence-corrected chi connectivity index (χ4v) is 6.19. The van der Waals surface area contributed by atoms with E-state index in [2.05, 4.69) is 11.0 Å². The lowest BCUT2D eigenvalue weighted by molar-refractivity contribution is -0.140. The predicted molar refractivity (Wildman–Crippen MR) is 123 cm³/mol. The van der Waals surface area contributed by atoms with E-state index >= 15 is 0 Å². The highest BCUT2D eigenvalue weighted by Crippen LogP contribution is 2.39. The summed E-state index contributed by atoms with van der Waals surface area (Å²) in [6, 6.07) is 8.01. The number of hydrogen-bond acceptors (Lipinski definition) is 6. The summed E-state index contributed by atoms with van der Waals surface area (Å²) >= 11 is 0. The summed E-state index contributed by atoms with van der Waals surface area (Å²) in [4.78, 5) is 17.3. The number of methoxy groups -OCH3 is 1. The molecule has 8 nitrogen and oxygen atoms in total. The van der Waals surface area contributed by atoms with Crippen molar-refractivity contribution in [2.24, 2.45) is 5.92 Å². The van der Waals surface area contributed by atoms with Crippen molar-refractivity contribution in [1.82, 2.24) is 9.21 Å². The van der Waals surface area contributed by atoms with Crippen molar-refractivity contribution in [2.45, 2.75) is 37.7 Å². The number of carbonyl (C=O) groups excluding carboxylic acids is 1. The number of para-hydroxylation sites is 2. The fourth-order valence-electron chi connectivity index (χ4n) is 5.34. The summed E-state index contributed by atoms with van der Waals surface area (Å²) < 4.78 is 36.8. The van der Waals surface area contributed by atoms with Crippen LogP contribution in [0, 0.1) is 5.92 Å². The van der Waals surface area contributed by atoms with E-state index in [1.54, 1.807) is 7.11 Å². The second-order valence-corrected chi connectivity index (χ2v) is 11.3. The van der Waals surface area contributed by atoms with Crippen LogP contribution in [0.15, 0.2) is 24.3 Å². The van der Waals surface area contributed by atoms with Crippen LogP contribution in [0.4, 0.5) is 5.69 Å². The Labute approximate surface area is 191 Å². The molecule has 3 heterocycles. The summed E-state index contributed by atoms with van der Waals surface area (Å²) in [5, 5.41) is 0. The SMILES string of the molecule is COc1ccccc1N1CCN(C(=O)CC2CCOC3(CCN(S(C)(=O)=O)CC3)C2)CC1. The van der Waals surface area contributed by atoms with Crippen molar-refractivity contribution in [3.05, 3.63) is 24.3 Å². The van der Waals surface area contributed by atoms with Crippen molar-refractivity contribution >= 4 is 21.6 Å². The highest BCUT2D eigenvalue weighted by Gasteiger charge is 2.42. The van der Waals surface area contributed by atoms with E-state index in [0.29, 0.717) is 58.0 Å². The van der Waals surface area contributed by atoms with Gasteiger partial charge in [-0.05, 0) is 43.7 Å². The molecule has 0 saturated carbocycles. The van der Waals surface area contributed by atoms with E-state index in [4.69, 9.17) is 9.47 Å². The molecule has 0 aliphatic carbocycles. The van der Waals surface area contributed by atoms with Crippen LogP contribution >= 0.6 is 0 Å². The highest BCUT2D eigenvalue weighted by molar-refractivity contribution is 7.88. The highest BCUT2D eigenvalue weighted by atomic mass is 32.2. The zero-order valence-electron chi connectivity index (χ0n) is 19.2. The molecule has 0 N–H and O–H groups in total. The normalized spacial score (nSPS) is 24.5. The third kappa shape index (κ3) is 5.21. The molecular formula is C23H35N3O5S. The van der Waals surface area contributed by atoms with Crippen LogP contribution < -0.4 is 9.64 Å². The average Bonchev–Trinajstić information content (AvgIpc) is 2.79. The number of anilines is 1. The van der Waals surface area contributed by atoms with Gasteiger partial charge in [0.1, 0.15) is 5.75 Å². The number of rotatable bonds is 5. The van der Waals surface area contributed by atoms with Gasteiger partial charge in [0, 0.05) is 52.3 Å². The fraction of sp³-hybridized carbons (Fsp3) is 0.696. The molecule has 3 saturated heterocycles. The Bertz CT molecular complexity index is 906. The van der Waals surface area contributed by atoms with E-state index in [9.17, 15) is 13.2 Å². The number of ether oxygens (including phenoxy) is 2. The number of benzene rings is 1. The van der Waals surface area contributed by atoms with E-state index in [1.165, 1.54) is 10.6 Å². The average molecular weight is 466 g/mol. The van der Waals surface area contributed by atoms with E-state index in [-0.39, 0.29) is 11.5 Å². The van der Waals surface area contributed by atoms with Gasteiger partial charge in [-0.1, -0.05) is 12.1 Å². The molecule has 3 aliphatic heterocycles. The molecular weight excluding hydrogens is 430 g/mol. The number of sulfonamides is 1. The van der Waals surface area contributed by atoms with Gasteiger partial charge in [-0.25, -0.2) is 12.7 Å². The molecule has 178 valence electrons. The van der Waals surface area contributed by atoms with Gasteiger partial charge in [0.15, 0.2) is 0 Å². The Morgan fingerprint density at radius 1 is 1.12 bits per heavy atom. The molecule has 9 heteroatoms. The van der Waals surface area contributed by atoms with Crippen LogP contribution in [-0.4, -0.2) is 88.4 Å². The van der Waals surface area contributed by atoms with Gasteiger partial charge < -0.3 is 19.3 Å². The Balaban J connectivity index is 1.28. The summed E-state index contributed by atoms with van der Waals surface area (Å²) in [5.74, 6) is 1.38. The van der Waals surface area contributed by atoms with E-state index < -0.39 is 10.0 Å². The quantitative estimate of drug-likeness (QED) is 0.662.